The van der Waals surface area contributed by atoms with Gasteiger partial charge in [-0.25, -0.2) is 8.42 Å². The third-order valence-electron chi connectivity index (χ3n) is 5.01. The van der Waals surface area contributed by atoms with Crippen molar-refractivity contribution in [3.8, 4) is 0 Å². The minimum absolute atomic E-state index is 0.0975. The van der Waals surface area contributed by atoms with Crippen LogP contribution in [0.3, 0.4) is 0 Å². The minimum Gasteiger partial charge on any atom is -0.381 e. The third kappa shape index (κ3) is 2.51. The molecule has 2 unspecified atom stereocenters. The monoisotopic (exact) mass is 309 g/mol. The van der Waals surface area contributed by atoms with Crippen LogP contribution in [0.25, 0.3) is 0 Å². The number of benzene rings is 1. The van der Waals surface area contributed by atoms with E-state index in [4.69, 9.17) is 4.74 Å². The highest BCUT2D eigenvalue weighted by molar-refractivity contribution is 7.89. The molecule has 0 aromatic heterocycles. The van der Waals surface area contributed by atoms with Gasteiger partial charge in [0.1, 0.15) is 0 Å². The number of nitrogens with zero attached hydrogens (tertiary/aromatic N) is 1. The van der Waals surface area contributed by atoms with E-state index in [1.165, 1.54) is 0 Å². The average molecular weight is 309 g/mol. The van der Waals surface area contributed by atoms with Gasteiger partial charge in [0.2, 0.25) is 10.0 Å². The first-order valence-corrected chi connectivity index (χ1v) is 9.01. The second-order valence-electron chi connectivity index (χ2n) is 6.30. The molecular weight excluding hydrogens is 286 g/mol. The first-order chi connectivity index (χ1) is 9.93. The molecule has 0 amide bonds. The zero-order valence-electron chi connectivity index (χ0n) is 12.9. The predicted molar refractivity (Wildman–Crippen MR) is 81.8 cm³/mol. The number of hydrogen-bond acceptors (Lipinski definition) is 3. The van der Waals surface area contributed by atoms with Crippen LogP contribution in [0, 0.1) is 13.8 Å². The highest BCUT2D eigenvalue weighted by Crippen LogP contribution is 2.40. The van der Waals surface area contributed by atoms with E-state index in [2.05, 4.69) is 0 Å². The second kappa shape index (κ2) is 5.38. The van der Waals surface area contributed by atoms with E-state index in [0.29, 0.717) is 4.90 Å². The van der Waals surface area contributed by atoms with E-state index >= 15 is 0 Å². The minimum atomic E-state index is -3.39. The lowest BCUT2D eigenvalue weighted by Gasteiger charge is -2.37. The standard InChI is InChI=1S/C16H23NO3S/c1-11-4-7-16(8-12(11)2)21(18,19)17-13-5-6-14(17)10-15(9-13)20-3/h4,7-8,13-15H,5-6,9-10H2,1-3H3. The van der Waals surface area contributed by atoms with Crippen LogP contribution in [0.15, 0.2) is 23.1 Å². The van der Waals surface area contributed by atoms with Gasteiger partial charge in [0.05, 0.1) is 11.0 Å². The van der Waals surface area contributed by atoms with Crippen molar-refractivity contribution in [2.75, 3.05) is 7.11 Å². The van der Waals surface area contributed by atoms with Crippen molar-refractivity contribution >= 4 is 10.0 Å². The van der Waals surface area contributed by atoms with Crippen LogP contribution in [0.2, 0.25) is 0 Å². The number of hydrogen-bond donors (Lipinski definition) is 0. The molecule has 0 spiro atoms. The Morgan fingerprint density at radius 3 is 2.24 bits per heavy atom. The fourth-order valence-electron chi connectivity index (χ4n) is 3.67. The fourth-order valence-corrected chi connectivity index (χ4v) is 5.64. The maximum absolute atomic E-state index is 13.0. The Kier molecular flexibility index (Phi) is 3.84. The van der Waals surface area contributed by atoms with Crippen molar-refractivity contribution in [2.45, 2.75) is 62.6 Å². The van der Waals surface area contributed by atoms with Gasteiger partial charge >= 0.3 is 0 Å². The average Bonchev–Trinajstić information content (AvgIpc) is 2.74. The third-order valence-corrected chi connectivity index (χ3v) is 7.01. The summed E-state index contributed by atoms with van der Waals surface area (Å²) in [6.45, 7) is 3.96. The zero-order valence-corrected chi connectivity index (χ0v) is 13.7. The van der Waals surface area contributed by atoms with Gasteiger partial charge in [-0.3, -0.25) is 0 Å². The lowest BCUT2D eigenvalue weighted by Crippen LogP contribution is -2.48. The van der Waals surface area contributed by atoms with E-state index < -0.39 is 10.0 Å². The Hall–Kier alpha value is -0.910. The summed E-state index contributed by atoms with van der Waals surface area (Å²) in [6, 6.07) is 5.62. The van der Waals surface area contributed by atoms with Gasteiger partial charge in [-0.05, 0) is 62.8 Å². The van der Waals surface area contributed by atoms with Crippen molar-refractivity contribution < 1.29 is 13.2 Å². The molecular formula is C16H23NO3S. The lowest BCUT2D eigenvalue weighted by molar-refractivity contribution is 0.0349. The maximum Gasteiger partial charge on any atom is 0.243 e. The van der Waals surface area contributed by atoms with Crippen LogP contribution >= 0.6 is 0 Å². The summed E-state index contributed by atoms with van der Waals surface area (Å²) in [5, 5.41) is 0. The second-order valence-corrected chi connectivity index (χ2v) is 8.14. The molecule has 1 aromatic rings. The number of methoxy groups -OCH3 is 1. The molecule has 2 heterocycles. The molecule has 2 aliphatic rings. The molecule has 2 fully saturated rings. The molecule has 2 saturated heterocycles. The normalized spacial score (nSPS) is 29.8. The van der Waals surface area contributed by atoms with Crippen LogP contribution in [0.1, 0.15) is 36.8 Å². The van der Waals surface area contributed by atoms with Crippen molar-refractivity contribution in [3.63, 3.8) is 0 Å². The van der Waals surface area contributed by atoms with Crippen LogP contribution in [0.4, 0.5) is 0 Å². The summed E-state index contributed by atoms with van der Waals surface area (Å²) < 4.78 is 33.2. The zero-order chi connectivity index (χ0) is 15.2. The topological polar surface area (TPSA) is 46.6 Å². The highest BCUT2D eigenvalue weighted by atomic mass is 32.2. The molecule has 116 valence electrons. The van der Waals surface area contributed by atoms with Gasteiger partial charge in [-0.2, -0.15) is 4.31 Å². The van der Waals surface area contributed by atoms with E-state index in [1.54, 1.807) is 23.5 Å². The summed E-state index contributed by atoms with van der Waals surface area (Å²) in [6.07, 6.45) is 3.74. The number of fused-ring (bicyclic) bond motifs is 2. The summed E-state index contributed by atoms with van der Waals surface area (Å²) in [5.74, 6) is 0. The van der Waals surface area contributed by atoms with E-state index in [1.807, 2.05) is 19.9 Å². The van der Waals surface area contributed by atoms with E-state index in [-0.39, 0.29) is 18.2 Å². The van der Waals surface area contributed by atoms with Crippen molar-refractivity contribution in [1.29, 1.82) is 0 Å². The molecule has 3 rings (SSSR count). The molecule has 2 atom stereocenters. The fraction of sp³-hybridized carbons (Fsp3) is 0.625. The van der Waals surface area contributed by atoms with Gasteiger partial charge in [0, 0.05) is 19.2 Å². The molecule has 0 N–H and O–H groups in total. The molecule has 0 saturated carbocycles. The molecule has 21 heavy (non-hydrogen) atoms. The molecule has 0 radical (unpaired) electrons. The summed E-state index contributed by atoms with van der Waals surface area (Å²) in [4.78, 5) is 0.429. The van der Waals surface area contributed by atoms with Gasteiger partial charge in [-0.1, -0.05) is 6.07 Å². The Morgan fingerprint density at radius 1 is 1.10 bits per heavy atom. The first kappa shape index (κ1) is 15.0. The maximum atomic E-state index is 13.0. The SMILES string of the molecule is COC1CC2CCC(C1)N2S(=O)(=O)c1ccc(C)c(C)c1. The van der Waals surface area contributed by atoms with Crippen molar-refractivity contribution in [3.05, 3.63) is 29.3 Å². The molecule has 1 aromatic carbocycles. The Morgan fingerprint density at radius 2 is 1.71 bits per heavy atom. The van der Waals surface area contributed by atoms with Gasteiger partial charge < -0.3 is 4.74 Å². The van der Waals surface area contributed by atoms with Gasteiger partial charge in [0.15, 0.2) is 0 Å². The van der Waals surface area contributed by atoms with E-state index in [0.717, 1.165) is 36.8 Å². The Labute approximate surface area is 127 Å². The lowest BCUT2D eigenvalue weighted by atomic mass is 10.0. The number of ether oxygens (including phenoxy) is 1. The van der Waals surface area contributed by atoms with Gasteiger partial charge in [-0.15, -0.1) is 0 Å². The summed E-state index contributed by atoms with van der Waals surface area (Å²) in [5.41, 5.74) is 2.14. The van der Waals surface area contributed by atoms with Gasteiger partial charge in [0.25, 0.3) is 0 Å². The smallest absolute Gasteiger partial charge is 0.243 e. The Bertz CT molecular complexity index is 627. The van der Waals surface area contributed by atoms with Crippen molar-refractivity contribution in [2.24, 2.45) is 0 Å². The number of sulfonamides is 1. The van der Waals surface area contributed by atoms with Crippen LogP contribution in [-0.4, -0.2) is 38.0 Å². The molecule has 0 aliphatic carbocycles. The van der Waals surface area contributed by atoms with E-state index in [9.17, 15) is 8.42 Å². The largest absolute Gasteiger partial charge is 0.381 e. The van der Waals surface area contributed by atoms with Crippen LogP contribution in [0.5, 0.6) is 0 Å². The summed E-state index contributed by atoms with van der Waals surface area (Å²) in [7, 11) is -1.67. The number of aryl methyl sites for hydroxylation is 2. The number of piperidine rings is 1. The molecule has 4 nitrogen and oxygen atoms in total. The van der Waals surface area contributed by atoms with Crippen LogP contribution < -0.4 is 0 Å². The molecule has 2 bridgehead atoms. The number of rotatable bonds is 3. The highest BCUT2D eigenvalue weighted by Gasteiger charge is 2.47. The van der Waals surface area contributed by atoms with Crippen LogP contribution in [-0.2, 0) is 14.8 Å². The Balaban J connectivity index is 1.94. The first-order valence-electron chi connectivity index (χ1n) is 7.57. The quantitative estimate of drug-likeness (QED) is 0.862. The van der Waals surface area contributed by atoms with Crippen molar-refractivity contribution in [1.82, 2.24) is 4.31 Å². The predicted octanol–water partition coefficient (Wildman–Crippen LogP) is 2.63. The molecule has 2 aliphatic heterocycles. The molecule has 5 heteroatoms. The summed E-state index contributed by atoms with van der Waals surface area (Å²) >= 11 is 0.